The minimum absolute atomic E-state index is 0.0202. The van der Waals surface area contributed by atoms with Crippen molar-refractivity contribution in [3.63, 3.8) is 0 Å². The summed E-state index contributed by atoms with van der Waals surface area (Å²) in [5, 5.41) is 2.84. The molecule has 5 heteroatoms. The molecule has 1 unspecified atom stereocenters. The van der Waals surface area contributed by atoms with Gasteiger partial charge in [-0.3, -0.25) is 4.79 Å². The number of nitrogens with zero attached hydrogens (tertiary/aromatic N) is 1. The van der Waals surface area contributed by atoms with Crippen molar-refractivity contribution < 1.29 is 9.18 Å². The number of aromatic nitrogens is 1. The van der Waals surface area contributed by atoms with Crippen molar-refractivity contribution in [2.24, 2.45) is 0 Å². The zero-order valence-electron chi connectivity index (χ0n) is 11.1. The summed E-state index contributed by atoms with van der Waals surface area (Å²) in [5.74, 6) is -0.992. The van der Waals surface area contributed by atoms with Crippen LogP contribution in [0.25, 0.3) is 0 Å². The Hall–Kier alpha value is -2.43. The number of carbonyl (C=O) groups excluding carboxylic acids is 1. The maximum atomic E-state index is 13.2. The van der Waals surface area contributed by atoms with E-state index in [1.54, 1.807) is 0 Å². The van der Waals surface area contributed by atoms with E-state index < -0.39 is 11.7 Å². The van der Waals surface area contributed by atoms with E-state index in [2.05, 4.69) is 10.3 Å². The molecule has 0 fully saturated rings. The largest absolute Gasteiger partial charge is 0.383 e. The lowest BCUT2D eigenvalue weighted by Gasteiger charge is -2.17. The van der Waals surface area contributed by atoms with Crippen LogP contribution in [0.5, 0.6) is 0 Å². The van der Waals surface area contributed by atoms with Crippen LogP contribution in [0.1, 0.15) is 35.3 Å². The second-order valence-electron chi connectivity index (χ2n) is 4.43. The molecule has 3 N–H and O–H groups in total. The maximum absolute atomic E-state index is 13.2. The molecule has 0 aliphatic carbocycles. The summed E-state index contributed by atoms with van der Waals surface area (Å²) in [6, 6.07) is 10.5. The van der Waals surface area contributed by atoms with E-state index in [0.717, 1.165) is 24.2 Å². The van der Waals surface area contributed by atoms with Gasteiger partial charge in [0.1, 0.15) is 11.6 Å². The number of nitrogen functional groups attached to an aromatic ring is 1. The number of benzene rings is 1. The zero-order valence-corrected chi connectivity index (χ0v) is 11.1. The molecule has 1 atom stereocenters. The fourth-order valence-electron chi connectivity index (χ4n) is 1.97. The van der Waals surface area contributed by atoms with Crippen molar-refractivity contribution >= 4 is 11.7 Å². The van der Waals surface area contributed by atoms with Crippen LogP contribution in [0.15, 0.2) is 42.6 Å². The molecule has 1 aromatic carbocycles. The molecule has 0 spiro atoms. The van der Waals surface area contributed by atoms with Gasteiger partial charge in [-0.1, -0.05) is 37.3 Å². The molecular formula is C15H16FN3O. The Bertz CT molecular complexity index is 601. The molecule has 104 valence electrons. The molecule has 0 bridgehead atoms. The Morgan fingerprint density at radius 1 is 1.40 bits per heavy atom. The quantitative estimate of drug-likeness (QED) is 0.900. The van der Waals surface area contributed by atoms with Gasteiger partial charge in [-0.15, -0.1) is 0 Å². The fourth-order valence-corrected chi connectivity index (χ4v) is 1.97. The molecule has 2 aromatic rings. The summed E-state index contributed by atoms with van der Waals surface area (Å²) >= 11 is 0. The summed E-state index contributed by atoms with van der Waals surface area (Å²) in [6.45, 7) is 1.96. The minimum Gasteiger partial charge on any atom is -0.383 e. The van der Waals surface area contributed by atoms with E-state index in [1.165, 1.54) is 0 Å². The Morgan fingerprint density at radius 2 is 2.10 bits per heavy atom. The zero-order chi connectivity index (χ0) is 14.5. The number of hydrogen-bond donors (Lipinski definition) is 2. The van der Waals surface area contributed by atoms with Crippen LogP contribution >= 0.6 is 0 Å². The molecule has 0 aliphatic rings. The molecule has 4 nitrogen and oxygen atoms in total. The predicted molar refractivity (Wildman–Crippen MR) is 75.5 cm³/mol. The molecule has 0 saturated carbocycles. The fraction of sp³-hybridized carbons (Fsp3) is 0.200. The molecule has 1 heterocycles. The second-order valence-corrected chi connectivity index (χ2v) is 4.43. The van der Waals surface area contributed by atoms with Gasteiger partial charge in [0.05, 0.1) is 17.8 Å². The monoisotopic (exact) mass is 273 g/mol. The van der Waals surface area contributed by atoms with Crippen molar-refractivity contribution in [1.82, 2.24) is 10.3 Å². The number of carbonyl (C=O) groups is 1. The van der Waals surface area contributed by atoms with Crippen molar-refractivity contribution in [3.8, 4) is 0 Å². The van der Waals surface area contributed by atoms with Gasteiger partial charge in [-0.25, -0.2) is 9.37 Å². The number of nitrogens with two attached hydrogens (primary N) is 1. The molecule has 0 saturated heterocycles. The van der Waals surface area contributed by atoms with Crippen LogP contribution in [0.3, 0.4) is 0 Å². The standard InChI is InChI=1S/C15H16FN3O/c1-2-13(10-6-4-3-5-7-10)19-15(20)12-8-11(16)9-18-14(12)17/h3-9,13H,2H2,1H3,(H2,17,18)(H,19,20). The highest BCUT2D eigenvalue weighted by molar-refractivity contribution is 5.98. The molecule has 2 rings (SSSR count). The lowest BCUT2D eigenvalue weighted by Crippen LogP contribution is -2.29. The minimum atomic E-state index is -0.586. The molecule has 1 amide bonds. The van der Waals surface area contributed by atoms with Gasteiger partial charge in [0.25, 0.3) is 5.91 Å². The maximum Gasteiger partial charge on any atom is 0.255 e. The summed E-state index contributed by atoms with van der Waals surface area (Å²) in [4.78, 5) is 15.8. The molecule has 0 aliphatic heterocycles. The molecule has 1 aromatic heterocycles. The summed E-state index contributed by atoms with van der Waals surface area (Å²) in [5.41, 5.74) is 6.65. The molecule has 20 heavy (non-hydrogen) atoms. The van der Waals surface area contributed by atoms with Gasteiger partial charge < -0.3 is 11.1 Å². The summed E-state index contributed by atoms with van der Waals surface area (Å²) in [7, 11) is 0. The lowest BCUT2D eigenvalue weighted by molar-refractivity contribution is 0.0935. The van der Waals surface area contributed by atoms with Gasteiger partial charge in [0, 0.05) is 0 Å². The Labute approximate surface area is 116 Å². The van der Waals surface area contributed by atoms with E-state index in [1.807, 2.05) is 37.3 Å². The van der Waals surface area contributed by atoms with Crippen molar-refractivity contribution in [3.05, 3.63) is 59.5 Å². The third-order valence-electron chi connectivity index (χ3n) is 3.05. The predicted octanol–water partition coefficient (Wildman–Crippen LogP) is 2.68. The topological polar surface area (TPSA) is 68.0 Å². The molecule has 0 radical (unpaired) electrons. The first-order valence-electron chi connectivity index (χ1n) is 6.38. The Kier molecular flexibility index (Phi) is 4.30. The summed E-state index contributed by atoms with van der Waals surface area (Å²) in [6.07, 6.45) is 1.71. The number of hydrogen-bond acceptors (Lipinski definition) is 3. The summed E-state index contributed by atoms with van der Waals surface area (Å²) < 4.78 is 13.2. The van der Waals surface area contributed by atoms with Crippen molar-refractivity contribution in [2.45, 2.75) is 19.4 Å². The number of amides is 1. The van der Waals surface area contributed by atoms with E-state index in [4.69, 9.17) is 5.73 Å². The van der Waals surface area contributed by atoms with Crippen molar-refractivity contribution in [1.29, 1.82) is 0 Å². The smallest absolute Gasteiger partial charge is 0.255 e. The van der Waals surface area contributed by atoms with Crippen LogP contribution in [-0.2, 0) is 0 Å². The van der Waals surface area contributed by atoms with Gasteiger partial charge in [-0.05, 0) is 18.1 Å². The van der Waals surface area contributed by atoms with Crippen LogP contribution in [-0.4, -0.2) is 10.9 Å². The van der Waals surface area contributed by atoms with E-state index in [9.17, 15) is 9.18 Å². The van der Waals surface area contributed by atoms with Gasteiger partial charge in [0.2, 0.25) is 0 Å². The van der Waals surface area contributed by atoms with Crippen LogP contribution in [0, 0.1) is 5.82 Å². The SMILES string of the molecule is CCC(NC(=O)c1cc(F)cnc1N)c1ccccc1. The average Bonchev–Trinajstić information content (AvgIpc) is 2.48. The number of rotatable bonds is 4. The van der Waals surface area contributed by atoms with Crippen molar-refractivity contribution in [2.75, 3.05) is 5.73 Å². The van der Waals surface area contributed by atoms with Gasteiger partial charge >= 0.3 is 0 Å². The Morgan fingerprint density at radius 3 is 2.75 bits per heavy atom. The number of halogens is 1. The first-order chi connectivity index (χ1) is 9.61. The first-order valence-corrected chi connectivity index (χ1v) is 6.38. The second kappa shape index (κ2) is 6.14. The van der Waals surface area contributed by atoms with Crippen LogP contribution < -0.4 is 11.1 Å². The van der Waals surface area contributed by atoms with E-state index >= 15 is 0 Å². The van der Waals surface area contributed by atoms with Crippen LogP contribution in [0.4, 0.5) is 10.2 Å². The third kappa shape index (κ3) is 3.12. The highest BCUT2D eigenvalue weighted by Gasteiger charge is 2.17. The third-order valence-corrected chi connectivity index (χ3v) is 3.05. The first kappa shape index (κ1) is 14.0. The number of nitrogens with one attached hydrogen (secondary N) is 1. The highest BCUT2D eigenvalue weighted by Crippen LogP contribution is 2.18. The molecular weight excluding hydrogens is 257 g/mol. The Balaban J connectivity index is 2.20. The lowest BCUT2D eigenvalue weighted by atomic mass is 10.0. The number of pyridine rings is 1. The average molecular weight is 273 g/mol. The van der Waals surface area contributed by atoms with Crippen LogP contribution in [0.2, 0.25) is 0 Å². The van der Waals surface area contributed by atoms with E-state index in [0.29, 0.717) is 0 Å². The van der Waals surface area contributed by atoms with Gasteiger partial charge in [-0.2, -0.15) is 0 Å². The number of anilines is 1. The van der Waals surface area contributed by atoms with Gasteiger partial charge in [0.15, 0.2) is 0 Å². The highest BCUT2D eigenvalue weighted by atomic mass is 19.1. The normalized spacial score (nSPS) is 11.9. The van der Waals surface area contributed by atoms with E-state index in [-0.39, 0.29) is 17.4 Å².